The summed E-state index contributed by atoms with van der Waals surface area (Å²) in [5.41, 5.74) is 1.64. The van der Waals surface area contributed by atoms with Gasteiger partial charge in [-0.05, 0) is 31.6 Å². The Morgan fingerprint density at radius 1 is 1.11 bits per heavy atom. The first-order valence-corrected chi connectivity index (χ1v) is 10.4. The van der Waals surface area contributed by atoms with Gasteiger partial charge in [-0.3, -0.25) is 0 Å². The highest BCUT2D eigenvalue weighted by molar-refractivity contribution is 5.89. The number of amides is 2. The number of hydrogen-bond donors (Lipinski definition) is 2. The van der Waals surface area contributed by atoms with Gasteiger partial charge in [-0.1, -0.05) is 26.2 Å². The number of carbonyl (C=O) groups is 1. The topological polar surface area (TPSA) is 88.0 Å². The van der Waals surface area contributed by atoms with Crippen molar-refractivity contribution in [3.05, 3.63) is 24.9 Å². The third kappa shape index (κ3) is 4.43. The van der Waals surface area contributed by atoms with Gasteiger partial charge in [-0.2, -0.15) is 5.10 Å². The average Bonchev–Trinajstić information content (AvgIpc) is 3.17. The lowest BCUT2D eigenvalue weighted by Gasteiger charge is -2.32. The summed E-state index contributed by atoms with van der Waals surface area (Å²) in [6.07, 6.45) is 15.0. The number of carbonyl (C=O) groups excluding carboxylic acids is 1. The van der Waals surface area contributed by atoms with Crippen LogP contribution in [0, 0.1) is 5.92 Å². The normalized spacial score (nSPS) is 18.8. The summed E-state index contributed by atoms with van der Waals surface area (Å²) in [5.74, 6) is 1.50. The molecule has 2 aromatic heterocycles. The molecule has 2 aromatic rings. The minimum absolute atomic E-state index is 0.167. The molecule has 1 aliphatic heterocycles. The van der Waals surface area contributed by atoms with E-state index in [9.17, 15) is 4.79 Å². The number of rotatable bonds is 4. The van der Waals surface area contributed by atoms with E-state index in [-0.39, 0.29) is 12.1 Å². The second-order valence-corrected chi connectivity index (χ2v) is 8.01. The fourth-order valence-corrected chi connectivity index (χ4v) is 4.07. The first-order valence-electron chi connectivity index (χ1n) is 10.4. The maximum atomic E-state index is 12.3. The predicted molar refractivity (Wildman–Crippen MR) is 109 cm³/mol. The molecule has 2 N–H and O–H groups in total. The van der Waals surface area contributed by atoms with Gasteiger partial charge in [0.1, 0.15) is 12.0 Å². The third-order valence-electron chi connectivity index (χ3n) is 5.79. The van der Waals surface area contributed by atoms with E-state index in [2.05, 4.69) is 37.5 Å². The lowest BCUT2D eigenvalue weighted by molar-refractivity contribution is 0.244. The number of piperidine rings is 1. The zero-order valence-corrected chi connectivity index (χ0v) is 16.5. The standard InChI is InChI=1S/C20H29N7O/c1-15-7-9-26(10-8-15)18-12-21-14-22-19(18)27-13-17(11-23-27)25-20(28)24-16-5-3-2-4-6-16/h11-16H,2-10H2,1H3,(H2,24,25,28). The summed E-state index contributed by atoms with van der Waals surface area (Å²) in [6.45, 7) is 4.29. The quantitative estimate of drug-likeness (QED) is 0.845. The Bertz CT molecular complexity index is 791. The summed E-state index contributed by atoms with van der Waals surface area (Å²) in [6, 6.07) is 0.109. The van der Waals surface area contributed by atoms with Crippen LogP contribution in [0.25, 0.3) is 5.82 Å². The maximum absolute atomic E-state index is 12.3. The van der Waals surface area contributed by atoms with E-state index >= 15 is 0 Å². The van der Waals surface area contributed by atoms with Crippen LogP contribution < -0.4 is 15.5 Å². The van der Waals surface area contributed by atoms with Crippen LogP contribution in [0.2, 0.25) is 0 Å². The van der Waals surface area contributed by atoms with Crippen molar-refractivity contribution in [3.8, 4) is 5.82 Å². The number of aromatic nitrogens is 4. The first-order chi connectivity index (χ1) is 13.7. The second-order valence-electron chi connectivity index (χ2n) is 8.01. The Hall–Kier alpha value is -2.64. The van der Waals surface area contributed by atoms with Gasteiger partial charge in [-0.15, -0.1) is 0 Å². The third-order valence-corrected chi connectivity index (χ3v) is 5.79. The van der Waals surface area contributed by atoms with E-state index in [1.807, 2.05) is 6.20 Å². The molecule has 0 atom stereocenters. The van der Waals surface area contributed by atoms with E-state index in [0.717, 1.165) is 43.4 Å². The SMILES string of the molecule is CC1CCN(c2cncnc2-n2cc(NC(=O)NC3CCCCC3)cn2)CC1. The molecule has 8 heteroatoms. The summed E-state index contributed by atoms with van der Waals surface area (Å²) in [4.78, 5) is 23.3. The molecule has 0 spiro atoms. The fourth-order valence-electron chi connectivity index (χ4n) is 4.07. The van der Waals surface area contributed by atoms with Crippen LogP contribution in [-0.4, -0.2) is 44.9 Å². The summed E-state index contributed by atoms with van der Waals surface area (Å²) in [7, 11) is 0. The average molecular weight is 384 g/mol. The molecule has 0 aromatic carbocycles. The molecule has 28 heavy (non-hydrogen) atoms. The van der Waals surface area contributed by atoms with Gasteiger partial charge in [0, 0.05) is 19.1 Å². The molecule has 2 amide bonds. The molecule has 0 bridgehead atoms. The van der Waals surface area contributed by atoms with Gasteiger partial charge in [0.15, 0.2) is 5.82 Å². The zero-order valence-electron chi connectivity index (χ0n) is 16.5. The van der Waals surface area contributed by atoms with Crippen LogP contribution >= 0.6 is 0 Å². The van der Waals surface area contributed by atoms with Crippen molar-refractivity contribution in [2.75, 3.05) is 23.3 Å². The van der Waals surface area contributed by atoms with Crippen molar-refractivity contribution in [2.24, 2.45) is 5.92 Å². The fraction of sp³-hybridized carbons (Fsp3) is 0.600. The van der Waals surface area contributed by atoms with Crippen molar-refractivity contribution in [1.29, 1.82) is 0 Å². The second kappa shape index (κ2) is 8.58. The number of hydrogen-bond acceptors (Lipinski definition) is 5. The minimum atomic E-state index is -0.167. The molecule has 1 aliphatic carbocycles. The van der Waals surface area contributed by atoms with Crippen molar-refractivity contribution in [1.82, 2.24) is 25.1 Å². The van der Waals surface area contributed by atoms with Crippen molar-refractivity contribution in [2.45, 2.75) is 57.9 Å². The largest absolute Gasteiger partial charge is 0.367 e. The molecule has 3 heterocycles. The van der Waals surface area contributed by atoms with Crippen LogP contribution in [0.5, 0.6) is 0 Å². The monoisotopic (exact) mass is 383 g/mol. The van der Waals surface area contributed by atoms with E-state index in [1.54, 1.807) is 17.1 Å². The Morgan fingerprint density at radius 3 is 2.68 bits per heavy atom. The van der Waals surface area contributed by atoms with Crippen LogP contribution in [-0.2, 0) is 0 Å². The number of nitrogens with one attached hydrogen (secondary N) is 2. The molecular formula is C20H29N7O. The van der Waals surface area contributed by atoms with Crippen LogP contribution in [0.3, 0.4) is 0 Å². The molecule has 2 fully saturated rings. The first kappa shape index (κ1) is 18.7. The van der Waals surface area contributed by atoms with Gasteiger partial charge in [0.25, 0.3) is 0 Å². The van der Waals surface area contributed by atoms with Gasteiger partial charge in [-0.25, -0.2) is 19.4 Å². The molecule has 8 nitrogen and oxygen atoms in total. The van der Waals surface area contributed by atoms with Gasteiger partial charge < -0.3 is 15.5 Å². The Labute approximate surface area is 165 Å². The smallest absolute Gasteiger partial charge is 0.319 e. The molecule has 150 valence electrons. The predicted octanol–water partition coefficient (Wildman–Crippen LogP) is 3.35. The highest BCUT2D eigenvalue weighted by Gasteiger charge is 2.21. The van der Waals surface area contributed by atoms with Crippen molar-refractivity contribution in [3.63, 3.8) is 0 Å². The lowest BCUT2D eigenvalue weighted by atomic mass is 9.96. The lowest BCUT2D eigenvalue weighted by Crippen LogP contribution is -2.38. The Balaban J connectivity index is 1.43. The number of anilines is 2. The minimum Gasteiger partial charge on any atom is -0.367 e. The van der Waals surface area contributed by atoms with Gasteiger partial charge >= 0.3 is 6.03 Å². The molecule has 0 unspecified atom stereocenters. The summed E-state index contributed by atoms with van der Waals surface area (Å²) >= 11 is 0. The van der Waals surface area contributed by atoms with E-state index in [4.69, 9.17) is 0 Å². The Morgan fingerprint density at radius 2 is 1.89 bits per heavy atom. The number of urea groups is 1. The molecular weight excluding hydrogens is 354 g/mol. The zero-order chi connectivity index (χ0) is 19.3. The van der Waals surface area contributed by atoms with Crippen LogP contribution in [0.15, 0.2) is 24.9 Å². The van der Waals surface area contributed by atoms with E-state index in [1.165, 1.54) is 38.4 Å². The van der Waals surface area contributed by atoms with E-state index < -0.39 is 0 Å². The highest BCUT2D eigenvalue weighted by Crippen LogP contribution is 2.27. The summed E-state index contributed by atoms with van der Waals surface area (Å²) < 4.78 is 1.71. The van der Waals surface area contributed by atoms with Crippen molar-refractivity contribution >= 4 is 17.4 Å². The maximum Gasteiger partial charge on any atom is 0.319 e. The van der Waals surface area contributed by atoms with Crippen LogP contribution in [0.1, 0.15) is 51.9 Å². The van der Waals surface area contributed by atoms with E-state index in [0.29, 0.717) is 5.69 Å². The molecule has 4 rings (SSSR count). The molecule has 1 saturated heterocycles. The highest BCUT2D eigenvalue weighted by atomic mass is 16.2. The van der Waals surface area contributed by atoms with Crippen LogP contribution in [0.4, 0.5) is 16.2 Å². The Kier molecular flexibility index (Phi) is 5.73. The summed E-state index contributed by atoms with van der Waals surface area (Å²) in [5, 5.41) is 10.4. The molecule has 1 saturated carbocycles. The van der Waals surface area contributed by atoms with Gasteiger partial charge in [0.05, 0.1) is 24.3 Å². The van der Waals surface area contributed by atoms with Crippen molar-refractivity contribution < 1.29 is 4.79 Å². The molecule has 0 radical (unpaired) electrons. The molecule has 2 aliphatic rings. The van der Waals surface area contributed by atoms with Gasteiger partial charge in [0.2, 0.25) is 0 Å². The number of nitrogens with zero attached hydrogens (tertiary/aromatic N) is 5.